The molecule has 1 fully saturated rings. The Bertz CT molecular complexity index is 854. The van der Waals surface area contributed by atoms with Crippen molar-refractivity contribution in [2.75, 3.05) is 27.3 Å². The van der Waals surface area contributed by atoms with Crippen molar-refractivity contribution >= 4 is 39.1 Å². The molecule has 0 saturated carbocycles. The van der Waals surface area contributed by atoms with Gasteiger partial charge in [0.1, 0.15) is 0 Å². The molecule has 1 aliphatic heterocycles. The zero-order valence-electron chi connectivity index (χ0n) is 15.9. The lowest BCUT2D eigenvalue weighted by Gasteiger charge is -2.17. The van der Waals surface area contributed by atoms with E-state index in [2.05, 4.69) is 21.2 Å². The average Bonchev–Trinajstić information content (AvgIpc) is 3.29. The monoisotopic (exact) mass is 466 g/mol. The molecule has 2 amide bonds. The van der Waals surface area contributed by atoms with Crippen LogP contribution in [0.4, 0.5) is 0 Å². The predicted molar refractivity (Wildman–Crippen MR) is 112 cm³/mol. The highest BCUT2D eigenvalue weighted by Gasteiger charge is 2.33. The average molecular weight is 467 g/mol. The van der Waals surface area contributed by atoms with Gasteiger partial charge in [-0.1, -0.05) is 6.07 Å². The Balaban J connectivity index is 1.51. The van der Waals surface area contributed by atoms with Gasteiger partial charge >= 0.3 is 0 Å². The minimum absolute atomic E-state index is 0.0273. The van der Waals surface area contributed by atoms with Crippen LogP contribution in [0.5, 0.6) is 11.5 Å². The van der Waals surface area contributed by atoms with Crippen LogP contribution < -0.4 is 14.8 Å². The summed E-state index contributed by atoms with van der Waals surface area (Å²) in [5.74, 6) is 1.02. The van der Waals surface area contributed by atoms with Crippen molar-refractivity contribution in [1.82, 2.24) is 10.2 Å². The summed E-state index contributed by atoms with van der Waals surface area (Å²) in [7, 11) is 3.20. The molecule has 1 atom stereocenters. The number of methoxy groups -OCH3 is 2. The molecule has 1 aliphatic rings. The van der Waals surface area contributed by atoms with Crippen LogP contribution in [0.1, 0.15) is 16.9 Å². The van der Waals surface area contributed by atoms with E-state index in [0.717, 1.165) is 14.9 Å². The summed E-state index contributed by atoms with van der Waals surface area (Å²) in [5.41, 5.74) is 1.06. The summed E-state index contributed by atoms with van der Waals surface area (Å²) in [6, 6.07) is 7.73. The summed E-state index contributed by atoms with van der Waals surface area (Å²) < 4.78 is 11.6. The van der Waals surface area contributed by atoms with Crippen molar-refractivity contribution in [3.05, 3.63) is 44.6 Å². The van der Waals surface area contributed by atoms with Gasteiger partial charge in [-0.2, -0.15) is 0 Å². The fraction of sp³-hybridized carbons (Fsp3) is 0.400. The van der Waals surface area contributed by atoms with Crippen molar-refractivity contribution in [1.29, 1.82) is 0 Å². The molecule has 2 aromatic rings. The van der Waals surface area contributed by atoms with Gasteiger partial charge < -0.3 is 19.7 Å². The number of hydrogen-bond acceptors (Lipinski definition) is 5. The van der Waals surface area contributed by atoms with Crippen LogP contribution in [0, 0.1) is 5.92 Å². The molecule has 3 rings (SSSR count). The normalized spacial score (nSPS) is 16.3. The number of halogens is 1. The Morgan fingerprint density at radius 2 is 2.07 bits per heavy atom. The molecule has 0 spiro atoms. The first kappa shape index (κ1) is 20.7. The number of thiophene rings is 1. The number of amides is 2. The first-order valence-corrected chi connectivity index (χ1v) is 10.7. The van der Waals surface area contributed by atoms with E-state index in [9.17, 15) is 9.59 Å². The molecular formula is C20H23BrN2O4S. The van der Waals surface area contributed by atoms with Crippen molar-refractivity contribution in [3.63, 3.8) is 0 Å². The highest BCUT2D eigenvalue weighted by Crippen LogP contribution is 2.28. The van der Waals surface area contributed by atoms with Gasteiger partial charge in [0.25, 0.3) is 0 Å². The first-order chi connectivity index (χ1) is 13.5. The number of likely N-dealkylation sites (tertiary alicyclic amines) is 1. The van der Waals surface area contributed by atoms with Crippen molar-refractivity contribution in [3.8, 4) is 11.5 Å². The largest absolute Gasteiger partial charge is 0.493 e. The number of ether oxygens (including phenoxy) is 2. The molecule has 150 valence electrons. The topological polar surface area (TPSA) is 67.9 Å². The lowest BCUT2D eigenvalue weighted by atomic mass is 10.1. The van der Waals surface area contributed by atoms with E-state index >= 15 is 0 Å². The minimum Gasteiger partial charge on any atom is -0.493 e. The molecule has 1 saturated heterocycles. The highest BCUT2D eigenvalue weighted by atomic mass is 79.9. The van der Waals surface area contributed by atoms with Crippen LogP contribution in [-0.4, -0.2) is 44.0 Å². The zero-order valence-corrected chi connectivity index (χ0v) is 18.3. The lowest BCUT2D eigenvalue weighted by molar-refractivity contribution is -0.129. The zero-order chi connectivity index (χ0) is 20.1. The molecule has 1 unspecified atom stereocenters. The third-order valence-electron chi connectivity index (χ3n) is 4.76. The number of rotatable bonds is 8. The number of benzene rings is 1. The number of carbonyl (C=O) groups excluding carboxylic acids is 2. The highest BCUT2D eigenvalue weighted by molar-refractivity contribution is 9.10. The van der Waals surface area contributed by atoms with Gasteiger partial charge in [-0.25, -0.2) is 0 Å². The van der Waals surface area contributed by atoms with E-state index in [-0.39, 0.29) is 24.2 Å². The summed E-state index contributed by atoms with van der Waals surface area (Å²) in [6.07, 6.45) is 0.968. The number of nitrogens with zero attached hydrogens (tertiary/aromatic N) is 1. The first-order valence-electron chi connectivity index (χ1n) is 8.99. The van der Waals surface area contributed by atoms with E-state index < -0.39 is 0 Å². The predicted octanol–water partition coefficient (Wildman–Crippen LogP) is 3.24. The van der Waals surface area contributed by atoms with Gasteiger partial charge in [0, 0.05) is 34.2 Å². The lowest BCUT2D eigenvalue weighted by Crippen LogP contribution is -2.33. The third kappa shape index (κ3) is 5.05. The SMILES string of the molecule is COc1ccc(CCN2CC(C(=O)NCc3cc(Br)cs3)CC2=O)cc1OC. The van der Waals surface area contributed by atoms with E-state index in [1.54, 1.807) is 30.5 Å². The molecule has 1 aromatic heterocycles. The summed E-state index contributed by atoms with van der Waals surface area (Å²) >= 11 is 4.99. The maximum absolute atomic E-state index is 12.4. The van der Waals surface area contributed by atoms with Gasteiger partial charge in [0.05, 0.1) is 26.7 Å². The Kier molecular flexibility index (Phi) is 6.96. The molecular weight excluding hydrogens is 444 g/mol. The number of hydrogen-bond donors (Lipinski definition) is 1. The molecule has 2 heterocycles. The maximum Gasteiger partial charge on any atom is 0.225 e. The van der Waals surface area contributed by atoms with E-state index in [4.69, 9.17) is 9.47 Å². The van der Waals surface area contributed by atoms with Crippen LogP contribution in [0.15, 0.2) is 34.1 Å². The molecule has 8 heteroatoms. The van der Waals surface area contributed by atoms with Gasteiger partial charge in [-0.3, -0.25) is 9.59 Å². The quantitative estimate of drug-likeness (QED) is 0.648. The molecule has 6 nitrogen and oxygen atoms in total. The van der Waals surface area contributed by atoms with Crippen LogP contribution in [0.3, 0.4) is 0 Å². The molecule has 1 aromatic carbocycles. The van der Waals surface area contributed by atoms with Gasteiger partial charge in [0.2, 0.25) is 11.8 Å². The Hall–Kier alpha value is -2.06. The molecule has 0 bridgehead atoms. The second-order valence-electron chi connectivity index (χ2n) is 6.63. The number of carbonyl (C=O) groups is 2. The molecule has 0 aliphatic carbocycles. The van der Waals surface area contributed by atoms with Crippen LogP contribution in [0.25, 0.3) is 0 Å². The van der Waals surface area contributed by atoms with Crippen LogP contribution >= 0.6 is 27.3 Å². The standard InChI is InChI=1S/C20H23BrN2O4S/c1-26-17-4-3-13(7-18(17)27-2)5-6-23-11-14(8-19(23)24)20(25)22-10-16-9-15(21)12-28-16/h3-4,7,9,12,14H,5-6,8,10-11H2,1-2H3,(H,22,25). The smallest absolute Gasteiger partial charge is 0.225 e. The van der Waals surface area contributed by atoms with E-state index in [1.807, 2.05) is 29.6 Å². The fourth-order valence-corrected chi connectivity index (χ4v) is 4.62. The second-order valence-corrected chi connectivity index (χ2v) is 8.54. The summed E-state index contributed by atoms with van der Waals surface area (Å²) in [5, 5.41) is 4.92. The van der Waals surface area contributed by atoms with Crippen molar-refractivity contribution in [2.45, 2.75) is 19.4 Å². The van der Waals surface area contributed by atoms with E-state index in [0.29, 0.717) is 37.6 Å². The van der Waals surface area contributed by atoms with Crippen LogP contribution in [0.2, 0.25) is 0 Å². The maximum atomic E-state index is 12.4. The summed E-state index contributed by atoms with van der Waals surface area (Å²) in [6.45, 7) is 1.54. The molecule has 1 N–H and O–H groups in total. The molecule has 0 radical (unpaired) electrons. The van der Waals surface area contributed by atoms with Crippen molar-refractivity contribution < 1.29 is 19.1 Å². The van der Waals surface area contributed by atoms with Crippen LogP contribution in [-0.2, 0) is 22.6 Å². The second kappa shape index (κ2) is 9.43. The summed E-state index contributed by atoms with van der Waals surface area (Å²) in [4.78, 5) is 27.6. The fourth-order valence-electron chi connectivity index (χ4n) is 3.23. The number of nitrogens with one attached hydrogen (secondary N) is 1. The van der Waals surface area contributed by atoms with Gasteiger partial charge in [-0.05, 0) is 46.1 Å². The Morgan fingerprint density at radius 3 is 2.75 bits per heavy atom. The van der Waals surface area contributed by atoms with Gasteiger partial charge in [0.15, 0.2) is 11.5 Å². The van der Waals surface area contributed by atoms with E-state index in [1.165, 1.54) is 0 Å². The molecule has 28 heavy (non-hydrogen) atoms. The third-order valence-corrected chi connectivity index (χ3v) is 6.46. The Morgan fingerprint density at radius 1 is 1.29 bits per heavy atom. The van der Waals surface area contributed by atoms with Gasteiger partial charge in [-0.15, -0.1) is 11.3 Å². The Labute approximate surface area is 176 Å². The minimum atomic E-state index is -0.290. The van der Waals surface area contributed by atoms with Crippen molar-refractivity contribution in [2.24, 2.45) is 5.92 Å².